The van der Waals surface area contributed by atoms with Gasteiger partial charge in [-0.1, -0.05) is 30.3 Å². The minimum absolute atomic E-state index is 0.0870. The van der Waals surface area contributed by atoms with E-state index >= 15 is 0 Å². The first-order valence-electron chi connectivity index (χ1n) is 9.97. The molecule has 28 heavy (non-hydrogen) atoms. The minimum Gasteiger partial charge on any atom is -0.444 e. The monoisotopic (exact) mass is 391 g/mol. The van der Waals surface area contributed by atoms with Crippen molar-refractivity contribution in [3.63, 3.8) is 0 Å². The van der Waals surface area contributed by atoms with Gasteiger partial charge in [0, 0.05) is 13.1 Å². The van der Waals surface area contributed by atoms with Crippen LogP contribution in [-0.2, 0) is 11.2 Å². The van der Waals surface area contributed by atoms with E-state index in [1.54, 1.807) is 4.90 Å². The summed E-state index contributed by atoms with van der Waals surface area (Å²) in [7, 11) is 0. The zero-order valence-corrected chi connectivity index (χ0v) is 17.1. The van der Waals surface area contributed by atoms with Crippen molar-refractivity contribution in [3.05, 3.63) is 35.9 Å². The van der Waals surface area contributed by atoms with E-state index in [2.05, 4.69) is 10.6 Å². The fraction of sp³-hybridized carbons (Fsp3) is 0.619. The second-order valence-corrected chi connectivity index (χ2v) is 8.25. The van der Waals surface area contributed by atoms with Gasteiger partial charge in [-0.2, -0.15) is 0 Å². The first-order valence-corrected chi connectivity index (χ1v) is 9.97. The van der Waals surface area contributed by atoms with Crippen molar-refractivity contribution in [2.45, 2.75) is 64.1 Å². The molecule has 0 radical (unpaired) electrons. The third-order valence-corrected chi connectivity index (χ3v) is 4.63. The molecule has 2 unspecified atom stereocenters. The average Bonchev–Trinajstić information content (AvgIpc) is 2.65. The molecular weight excluding hydrogens is 358 g/mol. The molecular formula is C21H33N3O4. The number of piperidine rings is 1. The van der Waals surface area contributed by atoms with E-state index in [1.807, 2.05) is 51.1 Å². The number of carbonyl (C=O) groups excluding carboxylic acids is 2. The zero-order chi connectivity index (χ0) is 20.6. The normalized spacial score (nSPS) is 18.3. The van der Waals surface area contributed by atoms with E-state index < -0.39 is 5.60 Å². The Balaban J connectivity index is 1.84. The van der Waals surface area contributed by atoms with Gasteiger partial charge in [0.2, 0.25) is 0 Å². The van der Waals surface area contributed by atoms with Crippen LogP contribution >= 0.6 is 0 Å². The van der Waals surface area contributed by atoms with Crippen LogP contribution in [0.4, 0.5) is 9.59 Å². The van der Waals surface area contributed by atoms with Crippen LogP contribution in [0.3, 0.4) is 0 Å². The maximum absolute atomic E-state index is 12.4. The predicted molar refractivity (Wildman–Crippen MR) is 108 cm³/mol. The van der Waals surface area contributed by atoms with Gasteiger partial charge in [-0.25, -0.2) is 9.59 Å². The van der Waals surface area contributed by atoms with Gasteiger partial charge in [-0.05, 0) is 52.0 Å². The van der Waals surface area contributed by atoms with Gasteiger partial charge < -0.3 is 25.4 Å². The summed E-state index contributed by atoms with van der Waals surface area (Å²) in [5.41, 5.74) is 0.501. The molecule has 1 aromatic carbocycles. The number of amides is 3. The number of nitrogens with one attached hydrogen (secondary N) is 2. The topological polar surface area (TPSA) is 90.9 Å². The lowest BCUT2D eigenvalue weighted by atomic mass is 10.0. The lowest BCUT2D eigenvalue weighted by molar-refractivity contribution is 0.0102. The maximum atomic E-state index is 12.4. The molecule has 3 amide bonds. The van der Waals surface area contributed by atoms with Crippen molar-refractivity contribution in [3.8, 4) is 0 Å². The number of urea groups is 1. The highest BCUT2D eigenvalue weighted by Gasteiger charge is 2.30. The Bertz CT molecular complexity index is 630. The van der Waals surface area contributed by atoms with Crippen LogP contribution in [0, 0.1) is 0 Å². The molecule has 7 heteroatoms. The fourth-order valence-corrected chi connectivity index (χ4v) is 3.28. The van der Waals surface area contributed by atoms with Crippen LogP contribution < -0.4 is 10.6 Å². The number of carbonyl (C=O) groups is 2. The number of ether oxygens (including phenoxy) is 1. The molecule has 7 nitrogen and oxygen atoms in total. The smallest absolute Gasteiger partial charge is 0.410 e. The molecule has 0 saturated carbocycles. The summed E-state index contributed by atoms with van der Waals surface area (Å²) in [5.74, 6) is 0. The van der Waals surface area contributed by atoms with Gasteiger partial charge in [0.25, 0.3) is 0 Å². The molecule has 1 heterocycles. The molecule has 2 atom stereocenters. The summed E-state index contributed by atoms with van der Waals surface area (Å²) in [6.07, 6.45) is 2.99. The zero-order valence-electron chi connectivity index (χ0n) is 17.1. The first-order chi connectivity index (χ1) is 13.3. The third-order valence-electron chi connectivity index (χ3n) is 4.63. The minimum atomic E-state index is -0.546. The van der Waals surface area contributed by atoms with Crippen molar-refractivity contribution >= 4 is 12.1 Å². The van der Waals surface area contributed by atoms with Crippen LogP contribution in [0.5, 0.6) is 0 Å². The summed E-state index contributed by atoms with van der Waals surface area (Å²) >= 11 is 0. The van der Waals surface area contributed by atoms with E-state index in [4.69, 9.17) is 4.74 Å². The van der Waals surface area contributed by atoms with Crippen molar-refractivity contribution in [1.29, 1.82) is 0 Å². The summed E-state index contributed by atoms with van der Waals surface area (Å²) in [4.78, 5) is 26.4. The van der Waals surface area contributed by atoms with Crippen molar-refractivity contribution in [1.82, 2.24) is 15.5 Å². The van der Waals surface area contributed by atoms with Gasteiger partial charge in [0.15, 0.2) is 0 Å². The number of likely N-dealkylation sites (tertiary alicyclic amines) is 1. The molecule has 156 valence electrons. The largest absolute Gasteiger partial charge is 0.444 e. The molecule has 2 rings (SSSR count). The molecule has 0 aliphatic carbocycles. The average molecular weight is 392 g/mol. The van der Waals surface area contributed by atoms with Crippen LogP contribution in [0.1, 0.15) is 45.6 Å². The predicted octanol–water partition coefficient (Wildman–Crippen LogP) is 2.68. The Labute approximate surface area is 167 Å². The molecule has 1 saturated heterocycles. The van der Waals surface area contributed by atoms with Gasteiger partial charge in [-0.3, -0.25) is 0 Å². The lowest BCUT2D eigenvalue weighted by Crippen LogP contribution is -2.53. The molecule has 0 bridgehead atoms. The highest BCUT2D eigenvalue weighted by Crippen LogP contribution is 2.20. The molecule has 1 aliphatic heterocycles. The fourth-order valence-electron chi connectivity index (χ4n) is 3.28. The third kappa shape index (κ3) is 7.38. The number of nitrogens with zero attached hydrogens (tertiary/aromatic N) is 1. The van der Waals surface area contributed by atoms with E-state index in [0.29, 0.717) is 19.5 Å². The van der Waals surface area contributed by atoms with Crippen LogP contribution in [0.15, 0.2) is 30.3 Å². The second kappa shape index (κ2) is 10.3. The van der Waals surface area contributed by atoms with E-state index in [0.717, 1.165) is 24.8 Å². The van der Waals surface area contributed by atoms with Crippen molar-refractivity contribution in [2.75, 3.05) is 19.7 Å². The van der Waals surface area contributed by atoms with Crippen molar-refractivity contribution in [2.24, 2.45) is 0 Å². The number of hydrogen-bond donors (Lipinski definition) is 3. The van der Waals surface area contributed by atoms with Gasteiger partial charge >= 0.3 is 12.1 Å². The first kappa shape index (κ1) is 22.0. The number of rotatable bonds is 6. The van der Waals surface area contributed by atoms with E-state index in [-0.39, 0.29) is 30.8 Å². The Hall–Kier alpha value is -2.28. The quantitative estimate of drug-likeness (QED) is 0.695. The van der Waals surface area contributed by atoms with Gasteiger partial charge in [-0.15, -0.1) is 0 Å². The molecule has 3 N–H and O–H groups in total. The molecule has 0 spiro atoms. The number of hydrogen-bond acceptors (Lipinski definition) is 4. The standard InChI is InChI=1S/C21H33N3O4/c1-21(2,3)28-20(27)24-12-8-7-11-18(24)14-22-19(26)23-17(15-25)13-16-9-5-4-6-10-16/h4-6,9-10,17-18,25H,7-8,11-15H2,1-3H3,(H2,22,23,26). The van der Waals surface area contributed by atoms with Gasteiger partial charge in [0.05, 0.1) is 18.7 Å². The summed E-state index contributed by atoms with van der Waals surface area (Å²) in [5, 5.41) is 15.2. The number of aliphatic hydroxyl groups excluding tert-OH is 1. The SMILES string of the molecule is CC(C)(C)OC(=O)N1CCCCC1CNC(=O)NC(CO)Cc1ccccc1. The number of benzene rings is 1. The number of aliphatic hydroxyl groups is 1. The molecule has 1 fully saturated rings. The molecule has 1 aromatic rings. The Morgan fingerprint density at radius 1 is 1.25 bits per heavy atom. The molecule has 0 aromatic heterocycles. The van der Waals surface area contributed by atoms with E-state index in [1.165, 1.54) is 0 Å². The Morgan fingerprint density at radius 2 is 1.96 bits per heavy atom. The second-order valence-electron chi connectivity index (χ2n) is 8.25. The highest BCUT2D eigenvalue weighted by molar-refractivity contribution is 5.74. The Morgan fingerprint density at radius 3 is 2.61 bits per heavy atom. The lowest BCUT2D eigenvalue weighted by Gasteiger charge is -2.36. The van der Waals surface area contributed by atoms with Gasteiger partial charge in [0.1, 0.15) is 5.60 Å². The van der Waals surface area contributed by atoms with Crippen molar-refractivity contribution < 1.29 is 19.4 Å². The highest BCUT2D eigenvalue weighted by atomic mass is 16.6. The van der Waals surface area contributed by atoms with Crippen LogP contribution in [-0.4, -0.2) is 59.5 Å². The Kier molecular flexibility index (Phi) is 8.11. The maximum Gasteiger partial charge on any atom is 0.410 e. The van der Waals surface area contributed by atoms with Crippen LogP contribution in [0.2, 0.25) is 0 Å². The van der Waals surface area contributed by atoms with Crippen LogP contribution in [0.25, 0.3) is 0 Å². The summed E-state index contributed by atoms with van der Waals surface area (Å²) in [6.45, 7) is 6.38. The summed E-state index contributed by atoms with van der Waals surface area (Å²) < 4.78 is 5.49. The molecule has 1 aliphatic rings. The summed E-state index contributed by atoms with van der Waals surface area (Å²) in [6, 6.07) is 8.91. The van der Waals surface area contributed by atoms with E-state index in [9.17, 15) is 14.7 Å².